The third-order valence-electron chi connectivity index (χ3n) is 10.9. The molecule has 3 saturated carbocycles. The van der Waals surface area contributed by atoms with Gasteiger partial charge in [0, 0.05) is 5.41 Å². The summed E-state index contributed by atoms with van der Waals surface area (Å²) in [5.74, 6) is -0.376. The van der Waals surface area contributed by atoms with Crippen LogP contribution in [0.4, 0.5) is 0 Å². The number of hydrogen-bond acceptors (Lipinski definition) is 6. The molecule has 8 nitrogen and oxygen atoms in total. The number of carboxylic acids is 1. The Labute approximate surface area is 220 Å². The molecule has 4 aliphatic carbocycles. The van der Waals surface area contributed by atoms with Gasteiger partial charge in [-0.3, -0.25) is 9.59 Å². The number of carbonyl (C=O) groups excluding carboxylic acids is 2. The van der Waals surface area contributed by atoms with E-state index in [1.165, 1.54) is 5.57 Å². The Kier molecular flexibility index (Phi) is 7.63. The highest BCUT2D eigenvalue weighted by molar-refractivity contribution is 5.96. The van der Waals surface area contributed by atoms with Crippen LogP contribution in [0.15, 0.2) is 16.8 Å². The van der Waals surface area contributed by atoms with E-state index in [1.54, 1.807) is 13.8 Å². The van der Waals surface area contributed by atoms with Crippen LogP contribution in [-0.4, -0.2) is 51.8 Å². The van der Waals surface area contributed by atoms with Crippen LogP contribution in [0, 0.1) is 34.5 Å². The van der Waals surface area contributed by atoms with E-state index in [1.807, 2.05) is 6.92 Å². The minimum atomic E-state index is -1.19. The summed E-state index contributed by atoms with van der Waals surface area (Å²) in [6.07, 6.45) is 9.94. The highest BCUT2D eigenvalue weighted by Crippen LogP contribution is 2.67. The van der Waals surface area contributed by atoms with Gasteiger partial charge in [-0.2, -0.15) is 0 Å². The topological polar surface area (TPSA) is 125 Å². The summed E-state index contributed by atoms with van der Waals surface area (Å²) >= 11 is 0. The number of nitrogens with one attached hydrogen (secondary N) is 1. The number of ketones is 1. The molecule has 0 heterocycles. The van der Waals surface area contributed by atoms with Crippen molar-refractivity contribution < 1.29 is 29.4 Å². The van der Waals surface area contributed by atoms with E-state index in [4.69, 9.17) is 4.84 Å². The predicted octanol–water partition coefficient (Wildman–Crippen LogP) is 4.26. The summed E-state index contributed by atoms with van der Waals surface area (Å²) in [6.45, 7) is 9.44. The zero-order chi connectivity index (χ0) is 27.2. The maximum atomic E-state index is 12.4. The number of allylic oxidation sites excluding steroid dienone is 2. The number of carbonyl (C=O) groups is 3. The Balaban J connectivity index is 1.41. The van der Waals surface area contributed by atoms with E-state index >= 15 is 0 Å². The van der Waals surface area contributed by atoms with Crippen LogP contribution in [0.1, 0.15) is 92.4 Å². The van der Waals surface area contributed by atoms with Crippen LogP contribution >= 0.6 is 0 Å². The number of fused-ring (bicyclic) bond motifs is 5. The minimum Gasteiger partial charge on any atom is -0.480 e. The highest BCUT2D eigenvalue weighted by atomic mass is 16.6. The monoisotopic (exact) mass is 516 g/mol. The van der Waals surface area contributed by atoms with Crippen LogP contribution in [0.2, 0.25) is 0 Å². The van der Waals surface area contributed by atoms with Crippen LogP contribution in [0.3, 0.4) is 0 Å². The molecule has 0 bridgehead atoms. The fourth-order valence-electron chi connectivity index (χ4n) is 8.31. The molecule has 4 aliphatic rings. The van der Waals surface area contributed by atoms with Crippen molar-refractivity contribution in [2.24, 2.45) is 39.7 Å². The van der Waals surface area contributed by atoms with Gasteiger partial charge in [0.2, 0.25) is 0 Å². The molecule has 4 rings (SSSR count). The molecule has 0 aromatic heterocycles. The summed E-state index contributed by atoms with van der Waals surface area (Å²) in [5, 5.41) is 27.5. The molecule has 0 spiro atoms. The van der Waals surface area contributed by atoms with E-state index in [2.05, 4.69) is 30.4 Å². The normalized spacial score (nSPS) is 39.5. The Hall–Kier alpha value is -2.22. The number of aliphatic carboxylic acids is 1. The number of oxime groups is 1. The molecule has 37 heavy (non-hydrogen) atoms. The fraction of sp³-hybridized carbons (Fsp3) is 0.793. The lowest BCUT2D eigenvalue weighted by molar-refractivity contribution is -0.159. The molecule has 1 amide bonds. The summed E-state index contributed by atoms with van der Waals surface area (Å²) in [5.41, 5.74) is 0.764. The first kappa shape index (κ1) is 27.8. The number of aliphatic hydroxyl groups is 1. The number of nitrogens with zero attached hydrogens (tertiary/aromatic N) is 1. The van der Waals surface area contributed by atoms with Gasteiger partial charge in [-0.25, -0.2) is 4.79 Å². The van der Waals surface area contributed by atoms with Crippen molar-refractivity contribution in [1.29, 1.82) is 0 Å². The maximum absolute atomic E-state index is 12.4. The van der Waals surface area contributed by atoms with Gasteiger partial charge in [-0.05, 0) is 93.5 Å². The largest absolute Gasteiger partial charge is 0.480 e. The second-order valence-electron chi connectivity index (χ2n) is 12.5. The second-order valence-corrected chi connectivity index (χ2v) is 12.5. The molecule has 3 N–H and O–H groups in total. The van der Waals surface area contributed by atoms with Crippen LogP contribution < -0.4 is 5.32 Å². The summed E-state index contributed by atoms with van der Waals surface area (Å²) in [7, 11) is 0. The summed E-state index contributed by atoms with van der Waals surface area (Å²) < 4.78 is 0. The van der Waals surface area contributed by atoms with E-state index in [0.717, 1.165) is 50.7 Å². The van der Waals surface area contributed by atoms with E-state index < -0.39 is 23.5 Å². The molecule has 8 atom stereocenters. The Morgan fingerprint density at radius 2 is 1.84 bits per heavy atom. The smallest absolute Gasteiger partial charge is 0.326 e. The van der Waals surface area contributed by atoms with E-state index in [-0.39, 0.29) is 29.1 Å². The SMILES string of the molecule is CC[C@@H](C)[C@@H](NC(=O)CO/N=C1/C=C2CC[C@@H]3[C@H](CC[C@@]4(C)[C@H]3CC[C@]4(O)C(C)=O)[C@@]2(C)CC1)C(=O)O. The zero-order valence-electron chi connectivity index (χ0n) is 23.0. The van der Waals surface area contributed by atoms with Crippen molar-refractivity contribution in [2.75, 3.05) is 6.61 Å². The van der Waals surface area contributed by atoms with Crippen molar-refractivity contribution in [3.63, 3.8) is 0 Å². The average Bonchev–Trinajstić information content (AvgIpc) is 3.14. The number of carboxylic acid groups (broad SMARTS) is 1. The first-order valence-corrected chi connectivity index (χ1v) is 14.0. The minimum absolute atomic E-state index is 0.0720. The maximum Gasteiger partial charge on any atom is 0.326 e. The fourth-order valence-corrected chi connectivity index (χ4v) is 8.31. The lowest BCUT2D eigenvalue weighted by Gasteiger charge is -2.59. The Morgan fingerprint density at radius 1 is 1.14 bits per heavy atom. The third kappa shape index (κ3) is 4.64. The van der Waals surface area contributed by atoms with Gasteiger partial charge in [-0.15, -0.1) is 0 Å². The van der Waals surface area contributed by atoms with Crippen molar-refractivity contribution in [2.45, 2.75) is 104 Å². The highest BCUT2D eigenvalue weighted by Gasteiger charge is 2.65. The molecule has 0 saturated heterocycles. The first-order chi connectivity index (χ1) is 17.4. The number of Topliss-reactive ketones (excluding diaryl/α,β-unsaturated/α-hetero) is 1. The molecular weight excluding hydrogens is 472 g/mol. The molecule has 0 aliphatic heterocycles. The molecule has 206 valence electrons. The Morgan fingerprint density at radius 3 is 2.49 bits per heavy atom. The third-order valence-corrected chi connectivity index (χ3v) is 10.9. The Bertz CT molecular complexity index is 1010. The standard InChI is InChI=1S/C29H44N2O6/c1-6-17(2)25(26(34)35)30-24(33)16-37-31-20-9-12-27(4)19(15-20)7-8-21-22(27)10-13-28(5)23(21)11-14-29(28,36)18(3)32/h15,17,21-23,25,36H,6-14,16H2,1-5H3,(H,30,33)(H,34,35)/b31-20+/t17-,21-,22+,23+,25-,27+,28+,29+/m1/s1. The summed E-state index contributed by atoms with van der Waals surface area (Å²) in [6, 6.07) is -0.940. The van der Waals surface area contributed by atoms with Gasteiger partial charge in [-0.1, -0.05) is 44.8 Å². The van der Waals surface area contributed by atoms with Crippen molar-refractivity contribution >= 4 is 23.4 Å². The predicted molar refractivity (Wildman–Crippen MR) is 140 cm³/mol. The number of rotatable bonds is 8. The van der Waals surface area contributed by atoms with E-state index in [0.29, 0.717) is 30.6 Å². The lowest BCUT2D eigenvalue weighted by atomic mass is 9.46. The van der Waals surface area contributed by atoms with Crippen molar-refractivity contribution in [1.82, 2.24) is 5.32 Å². The average molecular weight is 517 g/mol. The van der Waals surface area contributed by atoms with Crippen LogP contribution in [-0.2, 0) is 19.2 Å². The summed E-state index contributed by atoms with van der Waals surface area (Å²) in [4.78, 5) is 41.5. The zero-order valence-corrected chi connectivity index (χ0v) is 23.0. The first-order valence-electron chi connectivity index (χ1n) is 14.0. The van der Waals surface area contributed by atoms with Crippen LogP contribution in [0.25, 0.3) is 0 Å². The van der Waals surface area contributed by atoms with Gasteiger partial charge < -0.3 is 20.4 Å². The van der Waals surface area contributed by atoms with E-state index in [9.17, 15) is 24.6 Å². The second kappa shape index (κ2) is 10.2. The van der Waals surface area contributed by atoms with Gasteiger partial charge in [0.05, 0.1) is 5.71 Å². The lowest BCUT2D eigenvalue weighted by Crippen LogP contribution is -2.57. The van der Waals surface area contributed by atoms with Gasteiger partial charge in [0.15, 0.2) is 12.4 Å². The van der Waals surface area contributed by atoms with Gasteiger partial charge in [0.1, 0.15) is 11.6 Å². The molecule has 0 aromatic rings. The molecule has 3 fully saturated rings. The molecule has 0 unspecified atom stereocenters. The molecule has 0 aromatic carbocycles. The van der Waals surface area contributed by atoms with Crippen molar-refractivity contribution in [3.8, 4) is 0 Å². The van der Waals surface area contributed by atoms with Gasteiger partial charge >= 0.3 is 5.97 Å². The van der Waals surface area contributed by atoms with Crippen LogP contribution in [0.5, 0.6) is 0 Å². The van der Waals surface area contributed by atoms with Crippen molar-refractivity contribution in [3.05, 3.63) is 11.6 Å². The molecule has 0 radical (unpaired) electrons. The molecular formula is C29H44N2O6. The molecule has 8 heteroatoms. The number of amides is 1. The number of hydrogen-bond donors (Lipinski definition) is 3. The quantitative estimate of drug-likeness (QED) is 0.414. The van der Waals surface area contributed by atoms with Gasteiger partial charge in [0.25, 0.3) is 5.91 Å².